The number of hydrogen-bond acceptors (Lipinski definition) is 2. The number of benzene rings is 2. The fourth-order valence-electron chi connectivity index (χ4n) is 4.14. The molecule has 2 radical (unpaired) electrons. The number of para-hydroxylation sites is 2. The van der Waals surface area contributed by atoms with E-state index in [0.717, 1.165) is 0 Å². The zero-order valence-electron chi connectivity index (χ0n) is 20.8. The summed E-state index contributed by atoms with van der Waals surface area (Å²) in [6.07, 6.45) is 4.32. The predicted molar refractivity (Wildman–Crippen MR) is 153 cm³/mol. The second kappa shape index (κ2) is 13.3. The molecule has 186 valence electrons. The Labute approximate surface area is 227 Å². The van der Waals surface area contributed by atoms with Gasteiger partial charge in [0.25, 0.3) is 0 Å². The van der Waals surface area contributed by atoms with Crippen LogP contribution in [0.2, 0.25) is 0 Å². The number of nitrogens with zero attached hydrogens (tertiary/aromatic N) is 2. The van der Waals surface area contributed by atoms with Crippen molar-refractivity contribution in [1.29, 1.82) is 0 Å². The Balaban J connectivity index is 0.000000890. The van der Waals surface area contributed by atoms with Crippen molar-refractivity contribution in [3.05, 3.63) is 77.7 Å². The Morgan fingerprint density at radius 1 is 0.576 bits per heavy atom. The van der Waals surface area contributed by atoms with Gasteiger partial charge in [0, 0.05) is 12.4 Å². The van der Waals surface area contributed by atoms with Crippen LogP contribution in [0, 0.1) is 6.67 Å². The third kappa shape index (κ3) is 7.72. The third-order valence-corrected chi connectivity index (χ3v) is 5.75. The molecule has 1 aliphatic rings. The van der Waals surface area contributed by atoms with Gasteiger partial charge in [-0.15, -0.1) is 0 Å². The monoisotopic (exact) mass is 822 g/mol. The Bertz CT molecular complexity index is 812. The van der Waals surface area contributed by atoms with E-state index in [4.69, 9.17) is 0 Å². The van der Waals surface area contributed by atoms with E-state index >= 15 is 0 Å². The van der Waals surface area contributed by atoms with Gasteiger partial charge < -0.3 is 9.80 Å². The zero-order chi connectivity index (χ0) is 24.9. The first-order chi connectivity index (χ1) is 15.5. The molecule has 0 saturated heterocycles. The van der Waals surface area contributed by atoms with E-state index in [0.29, 0.717) is 23.7 Å². The molecule has 0 fully saturated rings. The minimum absolute atomic E-state index is 0.460. The summed E-state index contributed by atoms with van der Waals surface area (Å²) < 4.78 is 0. The molecule has 0 N–H and O–H groups in total. The Kier molecular flexibility index (Phi) is 11.8. The first kappa shape index (κ1) is 29.2. The number of rotatable bonds is 6. The fourth-order valence-corrected chi connectivity index (χ4v) is 4.14. The molecule has 0 aromatic heterocycles. The van der Waals surface area contributed by atoms with Gasteiger partial charge >= 0.3 is 51.1 Å². The van der Waals surface area contributed by atoms with Crippen molar-refractivity contribution in [3.8, 4) is 0 Å². The molecule has 0 amide bonds. The van der Waals surface area contributed by atoms with Crippen molar-refractivity contribution >= 4 is 50.4 Å². The van der Waals surface area contributed by atoms with Crippen molar-refractivity contribution < 1.29 is 12.0 Å². The van der Waals surface area contributed by atoms with Crippen LogP contribution in [-0.4, -0.2) is 0 Å². The van der Waals surface area contributed by atoms with E-state index in [9.17, 15) is 0 Å². The summed E-state index contributed by atoms with van der Waals surface area (Å²) >= 11 is 8.99. The van der Waals surface area contributed by atoms with Crippen molar-refractivity contribution in [3.63, 3.8) is 0 Å². The second-order valence-electron chi connectivity index (χ2n) is 9.46. The van der Waals surface area contributed by atoms with Crippen LogP contribution in [-0.2, 0) is 12.0 Å². The molecule has 2 aromatic rings. The van der Waals surface area contributed by atoms with Crippen LogP contribution in [0.25, 0.3) is 0 Å². The normalized spacial score (nSPS) is 14.0. The molecular formula is C27H36AuBr3N2. The summed E-state index contributed by atoms with van der Waals surface area (Å²) in [6, 6.07) is 13.4. The fraction of sp³-hybridized carbons (Fsp3) is 0.444. The molecule has 0 bridgehead atoms. The van der Waals surface area contributed by atoms with E-state index < -0.39 is 12.0 Å². The molecule has 6 heteroatoms. The quantitative estimate of drug-likeness (QED) is 0.268. The average Bonchev–Trinajstić information content (AvgIpc) is 3.21. The van der Waals surface area contributed by atoms with Crippen molar-refractivity contribution in [2.45, 2.75) is 79.1 Å². The van der Waals surface area contributed by atoms with Crippen LogP contribution in [0.15, 0.2) is 48.8 Å². The SMILES string of the molecule is CC(C)c1cccc(C(C)C)c1N1[C]N(c2c(C(C)C)cccc2C(C)C)C=C1.[Br][Au]([Br])[Br]. The van der Waals surface area contributed by atoms with Crippen molar-refractivity contribution in [2.24, 2.45) is 0 Å². The van der Waals surface area contributed by atoms with E-state index in [1.165, 1.54) is 33.6 Å². The number of anilines is 2. The van der Waals surface area contributed by atoms with Crippen LogP contribution in [0.3, 0.4) is 0 Å². The molecular weight excluding hydrogens is 789 g/mol. The summed E-state index contributed by atoms with van der Waals surface area (Å²) in [6.45, 7) is 21.8. The van der Waals surface area contributed by atoms with Crippen LogP contribution >= 0.6 is 39.1 Å². The molecule has 0 saturated carbocycles. The Hall–Kier alpha value is -0.0397. The van der Waals surface area contributed by atoms with E-state index in [2.05, 4.69) is 160 Å². The van der Waals surface area contributed by atoms with E-state index in [-0.39, 0.29) is 0 Å². The summed E-state index contributed by atoms with van der Waals surface area (Å²) in [5.74, 6) is 1.84. The Morgan fingerprint density at radius 3 is 1.03 bits per heavy atom. The topological polar surface area (TPSA) is 6.48 Å². The standard InChI is InChI=1S/C27H36N2.Au.3BrH/c1-18(2)22-11-9-12-23(19(3)4)26(22)28-15-16-29(17-28)27-24(20(5)6)13-10-14-25(27)21(7)8;;;;/h9-16,18-21H,1-8H3;;3*1H/q;+3;;;/p-3. The predicted octanol–water partition coefficient (Wildman–Crippen LogP) is 10.5. The van der Waals surface area contributed by atoms with Gasteiger partial charge in [0.05, 0.1) is 11.4 Å². The minimum atomic E-state index is -0.766. The Morgan fingerprint density at radius 2 is 0.818 bits per heavy atom. The first-order valence-corrected chi connectivity index (χ1v) is 25.5. The van der Waals surface area contributed by atoms with Gasteiger partial charge in [-0.25, -0.2) is 0 Å². The summed E-state index contributed by atoms with van der Waals surface area (Å²) in [7, 11) is 0. The molecule has 0 spiro atoms. The zero-order valence-corrected chi connectivity index (χ0v) is 27.7. The third-order valence-electron chi connectivity index (χ3n) is 5.75. The van der Waals surface area contributed by atoms with Gasteiger partial charge in [0.15, 0.2) is 0 Å². The van der Waals surface area contributed by atoms with Crippen LogP contribution in [0.4, 0.5) is 11.4 Å². The average molecular weight is 825 g/mol. The molecule has 33 heavy (non-hydrogen) atoms. The van der Waals surface area contributed by atoms with Gasteiger partial charge in [-0.05, 0) is 45.9 Å². The molecule has 3 rings (SSSR count). The van der Waals surface area contributed by atoms with Crippen LogP contribution in [0.5, 0.6) is 0 Å². The number of hydrogen-bond donors (Lipinski definition) is 0. The van der Waals surface area contributed by atoms with Crippen LogP contribution in [0.1, 0.15) is 101 Å². The maximum absolute atomic E-state index is 3.66. The van der Waals surface area contributed by atoms with E-state index in [1.54, 1.807) is 0 Å². The molecule has 2 nitrogen and oxygen atoms in total. The second-order valence-corrected chi connectivity index (χ2v) is 37.9. The van der Waals surface area contributed by atoms with Gasteiger partial charge in [0.1, 0.15) is 0 Å². The van der Waals surface area contributed by atoms with Crippen LogP contribution < -0.4 is 9.80 Å². The van der Waals surface area contributed by atoms with Gasteiger partial charge in [0.2, 0.25) is 6.67 Å². The van der Waals surface area contributed by atoms with Gasteiger partial charge in [-0.1, -0.05) is 91.8 Å². The van der Waals surface area contributed by atoms with Gasteiger partial charge in [-0.3, -0.25) is 0 Å². The van der Waals surface area contributed by atoms with Crippen molar-refractivity contribution in [2.75, 3.05) is 9.80 Å². The molecule has 0 aliphatic carbocycles. The maximum atomic E-state index is 3.66. The molecule has 2 aromatic carbocycles. The summed E-state index contributed by atoms with van der Waals surface area (Å²) in [5, 5.41) is 0. The first-order valence-electron chi connectivity index (χ1n) is 11.3. The molecule has 0 unspecified atom stereocenters. The summed E-state index contributed by atoms with van der Waals surface area (Å²) in [5.41, 5.74) is 8.05. The molecule has 1 heterocycles. The van der Waals surface area contributed by atoms with Gasteiger partial charge in [-0.2, -0.15) is 0 Å². The molecule has 1 aliphatic heterocycles. The van der Waals surface area contributed by atoms with Crippen molar-refractivity contribution in [1.82, 2.24) is 0 Å². The molecule has 0 atom stereocenters. The van der Waals surface area contributed by atoms with E-state index in [1.807, 2.05) is 0 Å². The summed E-state index contributed by atoms with van der Waals surface area (Å²) in [4.78, 5) is 4.40. The number of halogens is 3.